The van der Waals surface area contributed by atoms with Crippen molar-refractivity contribution < 1.29 is 18.4 Å². The lowest BCUT2D eigenvalue weighted by Crippen LogP contribution is -2.43. The van der Waals surface area contributed by atoms with Gasteiger partial charge in [-0.1, -0.05) is 18.2 Å². The normalized spacial score (nSPS) is 10.6. The van der Waals surface area contributed by atoms with Crippen LogP contribution in [0, 0.1) is 11.6 Å². The van der Waals surface area contributed by atoms with Gasteiger partial charge in [0, 0.05) is 18.0 Å². The number of nitrogens with one attached hydrogen (secondary N) is 2. The molecule has 7 nitrogen and oxygen atoms in total. The number of carbonyl (C=O) groups is 2. The van der Waals surface area contributed by atoms with Crippen LogP contribution in [-0.2, 0) is 6.54 Å². The first kappa shape index (κ1) is 18.2. The van der Waals surface area contributed by atoms with Gasteiger partial charge in [0.25, 0.3) is 17.4 Å². The molecule has 0 saturated carbocycles. The molecule has 0 atom stereocenters. The summed E-state index contributed by atoms with van der Waals surface area (Å²) in [5, 5.41) is 4.63. The molecule has 2 N–H and O–H groups in total. The zero-order valence-corrected chi connectivity index (χ0v) is 14.1. The van der Waals surface area contributed by atoms with Crippen LogP contribution in [0.3, 0.4) is 0 Å². The highest BCUT2D eigenvalue weighted by Crippen LogP contribution is 2.13. The maximum absolute atomic E-state index is 13.6. The number of hydrazine groups is 1. The second-order valence-corrected chi connectivity index (χ2v) is 5.55. The molecule has 1 heterocycles. The van der Waals surface area contributed by atoms with Gasteiger partial charge in [0.1, 0.15) is 11.6 Å². The van der Waals surface area contributed by atoms with Crippen molar-refractivity contribution in [2.75, 3.05) is 0 Å². The van der Waals surface area contributed by atoms with Gasteiger partial charge < -0.3 is 0 Å². The van der Waals surface area contributed by atoms with Gasteiger partial charge in [-0.25, -0.2) is 13.5 Å². The summed E-state index contributed by atoms with van der Waals surface area (Å²) in [6.45, 7) is 1.95. The van der Waals surface area contributed by atoms with Crippen LogP contribution in [0.2, 0.25) is 0 Å². The number of hydrogen-bond acceptors (Lipinski definition) is 4. The third kappa shape index (κ3) is 3.52. The van der Waals surface area contributed by atoms with Gasteiger partial charge >= 0.3 is 0 Å². The van der Waals surface area contributed by atoms with Gasteiger partial charge in [-0.15, -0.1) is 0 Å². The molecule has 2 aromatic carbocycles. The van der Waals surface area contributed by atoms with Gasteiger partial charge in [0.05, 0.1) is 10.9 Å². The van der Waals surface area contributed by atoms with Crippen LogP contribution in [0.5, 0.6) is 0 Å². The largest absolute Gasteiger partial charge is 0.290 e. The number of carbonyl (C=O) groups excluding carboxylic acids is 2. The summed E-state index contributed by atoms with van der Waals surface area (Å²) in [6.07, 6.45) is 0. The lowest BCUT2D eigenvalue weighted by molar-refractivity contribution is 0.0841. The summed E-state index contributed by atoms with van der Waals surface area (Å²) in [5.41, 5.74) is 3.31. The Labute approximate surface area is 151 Å². The highest BCUT2D eigenvalue weighted by Gasteiger charge is 2.18. The molecule has 2 amide bonds. The minimum absolute atomic E-state index is 0.0769. The van der Waals surface area contributed by atoms with E-state index in [1.807, 2.05) is 5.43 Å². The van der Waals surface area contributed by atoms with Crippen molar-refractivity contribution in [1.82, 2.24) is 20.6 Å². The lowest BCUT2D eigenvalue weighted by atomic mass is 10.1. The van der Waals surface area contributed by atoms with Gasteiger partial charge in [-0.3, -0.25) is 25.2 Å². The van der Waals surface area contributed by atoms with Crippen molar-refractivity contribution in [2.24, 2.45) is 0 Å². The van der Waals surface area contributed by atoms with Crippen LogP contribution < -0.4 is 16.4 Å². The Balaban J connectivity index is 1.87. The van der Waals surface area contributed by atoms with Crippen LogP contribution in [-0.4, -0.2) is 21.6 Å². The summed E-state index contributed by atoms with van der Waals surface area (Å²) in [5.74, 6) is -3.64. The van der Waals surface area contributed by atoms with Crippen LogP contribution in [0.15, 0.2) is 47.3 Å². The number of aryl methyl sites for hydroxylation is 1. The number of benzene rings is 2. The van der Waals surface area contributed by atoms with Crippen molar-refractivity contribution in [3.63, 3.8) is 0 Å². The lowest BCUT2D eigenvalue weighted by Gasteiger charge is -2.11. The molecule has 0 aliphatic rings. The smallest absolute Gasteiger partial charge is 0.267 e. The second kappa shape index (κ2) is 7.32. The van der Waals surface area contributed by atoms with E-state index in [1.54, 1.807) is 31.2 Å². The quantitative estimate of drug-likeness (QED) is 0.686. The fraction of sp³-hybridized carbons (Fsp3) is 0.111. The van der Waals surface area contributed by atoms with Gasteiger partial charge in [0.15, 0.2) is 5.69 Å². The van der Waals surface area contributed by atoms with Crippen molar-refractivity contribution in [3.05, 3.63) is 75.7 Å². The number of fused-ring (bicyclic) bond motifs is 1. The Morgan fingerprint density at radius 2 is 1.70 bits per heavy atom. The third-order valence-electron chi connectivity index (χ3n) is 3.85. The minimum atomic E-state index is -1.06. The maximum atomic E-state index is 13.6. The van der Waals surface area contributed by atoms with E-state index in [1.165, 1.54) is 0 Å². The molecule has 0 saturated heterocycles. The zero-order valence-electron chi connectivity index (χ0n) is 14.1. The summed E-state index contributed by atoms with van der Waals surface area (Å²) in [7, 11) is 0. The van der Waals surface area contributed by atoms with E-state index in [9.17, 15) is 23.2 Å². The van der Waals surface area contributed by atoms with E-state index in [4.69, 9.17) is 0 Å². The van der Waals surface area contributed by atoms with Crippen molar-refractivity contribution in [2.45, 2.75) is 13.5 Å². The highest BCUT2D eigenvalue weighted by molar-refractivity contribution is 6.06. The predicted octanol–water partition coefficient (Wildman–Crippen LogP) is 1.77. The maximum Gasteiger partial charge on any atom is 0.290 e. The molecule has 0 aliphatic carbocycles. The number of hydrogen-bond donors (Lipinski definition) is 2. The fourth-order valence-electron chi connectivity index (χ4n) is 2.53. The Bertz CT molecular complexity index is 1110. The number of rotatable bonds is 3. The average Bonchev–Trinajstić information content (AvgIpc) is 2.66. The molecule has 0 spiro atoms. The van der Waals surface area contributed by atoms with Gasteiger partial charge in [-0.2, -0.15) is 5.10 Å². The molecule has 0 unspecified atom stereocenters. The summed E-state index contributed by atoms with van der Waals surface area (Å²) >= 11 is 0. The van der Waals surface area contributed by atoms with Gasteiger partial charge in [0.2, 0.25) is 0 Å². The second-order valence-electron chi connectivity index (χ2n) is 5.55. The van der Waals surface area contributed by atoms with Crippen molar-refractivity contribution in [1.29, 1.82) is 0 Å². The molecule has 3 rings (SSSR count). The van der Waals surface area contributed by atoms with E-state index in [2.05, 4.69) is 10.5 Å². The first-order valence-electron chi connectivity index (χ1n) is 7.98. The first-order chi connectivity index (χ1) is 12.9. The number of aromatic nitrogens is 2. The summed E-state index contributed by atoms with van der Waals surface area (Å²) in [4.78, 5) is 36.7. The van der Waals surface area contributed by atoms with E-state index in [-0.39, 0.29) is 17.8 Å². The topological polar surface area (TPSA) is 93.1 Å². The zero-order chi connectivity index (χ0) is 19.6. The molecular formula is C18H14F2N4O3. The summed E-state index contributed by atoms with van der Waals surface area (Å²) < 4.78 is 27.7. The Morgan fingerprint density at radius 3 is 2.37 bits per heavy atom. The van der Waals surface area contributed by atoms with E-state index < -0.39 is 29.0 Å². The number of nitrogens with zero attached hydrogens (tertiary/aromatic N) is 2. The standard InChI is InChI=1S/C18H14F2N4O3/c1-2-24-18(27)12-6-4-3-5-11(12)15(23-24)17(26)22-21-16(25)13-8-7-10(19)9-14(13)20/h3-9H,2H2,1H3,(H,21,25)(H,22,26). The molecule has 0 bridgehead atoms. The van der Waals surface area contributed by atoms with Crippen LogP contribution in [0.25, 0.3) is 10.8 Å². The van der Waals surface area contributed by atoms with Crippen molar-refractivity contribution >= 4 is 22.6 Å². The van der Waals surface area contributed by atoms with Crippen LogP contribution in [0.4, 0.5) is 8.78 Å². The Kier molecular flexibility index (Phi) is 4.93. The molecule has 1 aromatic heterocycles. The van der Waals surface area contributed by atoms with Crippen molar-refractivity contribution in [3.8, 4) is 0 Å². The molecule has 0 radical (unpaired) electrons. The number of halogens is 2. The molecule has 27 heavy (non-hydrogen) atoms. The first-order valence-corrected chi connectivity index (χ1v) is 7.98. The molecule has 138 valence electrons. The van der Waals surface area contributed by atoms with E-state index >= 15 is 0 Å². The molecule has 9 heteroatoms. The van der Waals surface area contributed by atoms with E-state index in [0.717, 1.165) is 16.8 Å². The highest BCUT2D eigenvalue weighted by atomic mass is 19.1. The van der Waals surface area contributed by atoms with Crippen LogP contribution >= 0.6 is 0 Å². The molecule has 0 aliphatic heterocycles. The van der Waals surface area contributed by atoms with E-state index in [0.29, 0.717) is 16.8 Å². The monoisotopic (exact) mass is 372 g/mol. The Morgan fingerprint density at radius 1 is 1.04 bits per heavy atom. The van der Waals surface area contributed by atoms with Crippen LogP contribution in [0.1, 0.15) is 27.8 Å². The molecular weight excluding hydrogens is 358 g/mol. The predicted molar refractivity (Wildman–Crippen MR) is 93.0 cm³/mol. The number of amides is 2. The minimum Gasteiger partial charge on any atom is -0.267 e. The fourth-order valence-corrected chi connectivity index (χ4v) is 2.53. The summed E-state index contributed by atoms with van der Waals surface area (Å²) in [6, 6.07) is 8.86. The van der Waals surface area contributed by atoms with Gasteiger partial charge in [-0.05, 0) is 25.1 Å². The molecule has 3 aromatic rings. The average molecular weight is 372 g/mol. The third-order valence-corrected chi connectivity index (χ3v) is 3.85. The molecule has 0 fully saturated rings. The Hall–Kier alpha value is -3.62. The SMILES string of the molecule is CCn1nc(C(=O)NNC(=O)c2ccc(F)cc2F)c2ccccc2c1=O.